The van der Waals surface area contributed by atoms with Crippen LogP contribution in [-0.4, -0.2) is 46.2 Å². The summed E-state index contributed by atoms with van der Waals surface area (Å²) in [6, 6.07) is 0. The summed E-state index contributed by atoms with van der Waals surface area (Å²) in [6.45, 7) is 7.51. The van der Waals surface area contributed by atoms with E-state index in [-0.39, 0.29) is 0 Å². The molecule has 0 aromatic heterocycles. The highest BCUT2D eigenvalue weighted by Gasteiger charge is 1.91. The molecular weight excluding hydrogens is 184 g/mol. The molecule has 0 amide bonds. The molecule has 4 heteroatoms. The van der Waals surface area contributed by atoms with E-state index in [0.717, 1.165) is 0 Å². The molecule has 0 aliphatic heterocycles. The topological polar surface area (TPSA) is 36.9 Å². The van der Waals surface area contributed by atoms with Crippen molar-refractivity contribution in [1.29, 1.82) is 0 Å². The first-order chi connectivity index (χ1) is 6.91. The second-order valence-corrected chi connectivity index (χ2v) is 2.50. The second kappa shape index (κ2) is 12.4. The molecule has 0 aliphatic rings. The van der Waals surface area contributed by atoms with Gasteiger partial charge in [0.15, 0.2) is 0 Å². The van der Waals surface area contributed by atoms with E-state index < -0.39 is 0 Å². The van der Waals surface area contributed by atoms with Crippen molar-refractivity contribution >= 4 is 0 Å². The summed E-state index contributed by atoms with van der Waals surface area (Å²) >= 11 is 0. The van der Waals surface area contributed by atoms with Gasteiger partial charge in [-0.25, -0.2) is 0 Å². The van der Waals surface area contributed by atoms with Gasteiger partial charge in [0.1, 0.15) is 6.61 Å². The zero-order chi connectivity index (χ0) is 10.5. The first kappa shape index (κ1) is 13.4. The highest BCUT2D eigenvalue weighted by molar-refractivity contribution is 4.63. The van der Waals surface area contributed by atoms with Gasteiger partial charge in [0.05, 0.1) is 39.6 Å². The van der Waals surface area contributed by atoms with Crippen molar-refractivity contribution in [3.05, 3.63) is 19.8 Å². The van der Waals surface area contributed by atoms with Gasteiger partial charge in [0.2, 0.25) is 7.11 Å². The minimum absolute atomic E-state index is 0.516. The van der Waals surface area contributed by atoms with E-state index in [1.807, 2.05) is 0 Å². The van der Waals surface area contributed by atoms with Crippen LogP contribution in [0, 0.1) is 7.11 Å². The zero-order valence-corrected chi connectivity index (χ0v) is 8.57. The van der Waals surface area contributed by atoms with Crippen molar-refractivity contribution in [2.24, 2.45) is 0 Å². The average molecular weight is 203 g/mol. The van der Waals surface area contributed by atoms with E-state index in [1.54, 1.807) is 6.08 Å². The van der Waals surface area contributed by atoms with Crippen LogP contribution in [0.25, 0.3) is 0 Å². The maximum atomic E-state index is 5.22. The lowest BCUT2D eigenvalue weighted by Gasteiger charge is -2.04. The fraction of sp³-hybridized carbons (Fsp3) is 0.700. The molecule has 0 atom stereocenters. The molecule has 0 fully saturated rings. The number of rotatable bonds is 11. The number of hydrogen-bond donors (Lipinski definition) is 0. The molecule has 0 aromatic carbocycles. The van der Waals surface area contributed by atoms with Crippen molar-refractivity contribution < 1.29 is 18.9 Å². The van der Waals surface area contributed by atoms with Crippen molar-refractivity contribution in [3.8, 4) is 0 Å². The molecule has 0 radical (unpaired) electrons. The third-order valence-corrected chi connectivity index (χ3v) is 1.35. The van der Waals surface area contributed by atoms with Gasteiger partial charge in [0.25, 0.3) is 0 Å². The van der Waals surface area contributed by atoms with E-state index in [9.17, 15) is 0 Å². The van der Waals surface area contributed by atoms with E-state index in [0.29, 0.717) is 46.2 Å². The molecule has 82 valence electrons. The molecule has 0 bridgehead atoms. The summed E-state index contributed by atoms with van der Waals surface area (Å²) in [7, 11) is 3.23. The first-order valence-corrected chi connectivity index (χ1v) is 4.63. The predicted octanol–water partition coefficient (Wildman–Crippen LogP) is 1.03. The van der Waals surface area contributed by atoms with Crippen molar-refractivity contribution in [2.75, 3.05) is 46.2 Å². The third kappa shape index (κ3) is 11.4. The lowest BCUT2D eigenvalue weighted by atomic mass is 10.6. The van der Waals surface area contributed by atoms with Gasteiger partial charge in [-0.1, -0.05) is 6.08 Å². The van der Waals surface area contributed by atoms with Gasteiger partial charge in [0, 0.05) is 0 Å². The monoisotopic (exact) mass is 203 g/mol. The third-order valence-electron chi connectivity index (χ3n) is 1.35. The van der Waals surface area contributed by atoms with Crippen LogP contribution in [-0.2, 0) is 18.9 Å². The van der Waals surface area contributed by atoms with Gasteiger partial charge in [-0.3, -0.25) is 0 Å². The second-order valence-electron chi connectivity index (χ2n) is 2.50. The maximum absolute atomic E-state index is 5.22. The quantitative estimate of drug-likeness (QED) is 0.285. The molecule has 4 nitrogen and oxygen atoms in total. The lowest BCUT2D eigenvalue weighted by Crippen LogP contribution is -2.11. The van der Waals surface area contributed by atoms with Crippen molar-refractivity contribution in [1.82, 2.24) is 0 Å². The number of ether oxygens (including phenoxy) is 4. The summed E-state index contributed by atoms with van der Waals surface area (Å²) in [5.41, 5.74) is 0. The fourth-order valence-corrected chi connectivity index (χ4v) is 0.724. The molecule has 0 rings (SSSR count). The van der Waals surface area contributed by atoms with Crippen LogP contribution in [0.3, 0.4) is 0 Å². The van der Waals surface area contributed by atoms with Crippen LogP contribution < -0.4 is 0 Å². The molecule has 14 heavy (non-hydrogen) atoms. The van der Waals surface area contributed by atoms with Gasteiger partial charge in [-0.2, -0.15) is 4.74 Å². The highest BCUT2D eigenvalue weighted by atomic mass is 16.6. The Morgan fingerprint density at radius 1 is 0.857 bits per heavy atom. The van der Waals surface area contributed by atoms with Crippen LogP contribution >= 0.6 is 0 Å². The Labute approximate surface area is 85.8 Å². The summed E-state index contributed by atoms with van der Waals surface area (Å²) in [5, 5.41) is 0. The molecule has 0 spiro atoms. The van der Waals surface area contributed by atoms with Crippen molar-refractivity contribution in [2.45, 2.75) is 0 Å². The Hall–Kier alpha value is -0.550. The average Bonchev–Trinajstić information content (AvgIpc) is 2.21. The molecule has 0 saturated carbocycles. The Kier molecular flexibility index (Phi) is 12.0. The SMILES string of the molecule is C=CCOCCOCCOCCO[CH2+]. The fourth-order valence-electron chi connectivity index (χ4n) is 0.724. The highest BCUT2D eigenvalue weighted by Crippen LogP contribution is 1.81. The Balaban J connectivity index is 2.81. The molecule has 0 heterocycles. The molecule has 0 saturated heterocycles. The summed E-state index contributed by atoms with van der Waals surface area (Å²) < 4.78 is 20.1. The predicted molar refractivity (Wildman–Crippen MR) is 54.0 cm³/mol. The number of hydrogen-bond acceptors (Lipinski definition) is 4. The standard InChI is InChI=1S/C10H19O4/c1-3-4-12-7-8-14-10-9-13-6-5-11-2/h3H,1-2,4-10H2/q+1. The zero-order valence-electron chi connectivity index (χ0n) is 8.57. The van der Waals surface area contributed by atoms with Crippen molar-refractivity contribution in [3.63, 3.8) is 0 Å². The smallest absolute Gasteiger partial charge is 0.213 e. The summed E-state index contributed by atoms with van der Waals surface area (Å²) in [5.74, 6) is 0. The maximum Gasteiger partial charge on any atom is 0.213 e. The molecule has 0 aliphatic carbocycles. The summed E-state index contributed by atoms with van der Waals surface area (Å²) in [6.07, 6.45) is 1.71. The lowest BCUT2D eigenvalue weighted by molar-refractivity contribution is 0.00991. The minimum atomic E-state index is 0.516. The van der Waals surface area contributed by atoms with Gasteiger partial charge >= 0.3 is 0 Å². The van der Waals surface area contributed by atoms with Crippen LogP contribution in [0.1, 0.15) is 0 Å². The molecular formula is C10H19O4+. The van der Waals surface area contributed by atoms with Crippen LogP contribution in [0.5, 0.6) is 0 Å². The van der Waals surface area contributed by atoms with Gasteiger partial charge in [-0.15, -0.1) is 6.58 Å². The Bertz CT molecular complexity index is 117. The largest absolute Gasteiger partial charge is 0.377 e. The van der Waals surface area contributed by atoms with E-state index >= 15 is 0 Å². The van der Waals surface area contributed by atoms with Gasteiger partial charge < -0.3 is 14.2 Å². The Morgan fingerprint density at radius 2 is 1.36 bits per heavy atom. The Morgan fingerprint density at radius 3 is 1.86 bits per heavy atom. The summed E-state index contributed by atoms with van der Waals surface area (Å²) in [4.78, 5) is 0. The van der Waals surface area contributed by atoms with Crippen LogP contribution in [0.2, 0.25) is 0 Å². The van der Waals surface area contributed by atoms with E-state index in [4.69, 9.17) is 14.2 Å². The van der Waals surface area contributed by atoms with Gasteiger partial charge in [-0.05, 0) is 0 Å². The van der Waals surface area contributed by atoms with Crippen LogP contribution in [0.4, 0.5) is 0 Å². The molecule has 0 N–H and O–H groups in total. The molecule has 0 aromatic rings. The molecule has 0 unspecified atom stereocenters. The first-order valence-electron chi connectivity index (χ1n) is 4.63. The van der Waals surface area contributed by atoms with E-state index in [2.05, 4.69) is 18.4 Å². The minimum Gasteiger partial charge on any atom is -0.377 e. The normalized spacial score (nSPS) is 10.3. The van der Waals surface area contributed by atoms with Crippen LogP contribution in [0.15, 0.2) is 12.7 Å². The van der Waals surface area contributed by atoms with E-state index in [1.165, 1.54) is 0 Å².